The van der Waals surface area contributed by atoms with Crippen LogP contribution >= 0.6 is 0 Å². The van der Waals surface area contributed by atoms with Gasteiger partial charge in [-0.05, 0) is 11.6 Å². The fraction of sp³-hybridized carbons (Fsp3) is 0.500. The summed E-state index contributed by atoms with van der Waals surface area (Å²) in [5, 5.41) is 10.4. The third kappa shape index (κ3) is 1.71. The quantitative estimate of drug-likeness (QED) is 0.651. The molecule has 0 bridgehead atoms. The van der Waals surface area contributed by atoms with Crippen molar-refractivity contribution < 1.29 is 4.74 Å². The summed E-state index contributed by atoms with van der Waals surface area (Å²) in [7, 11) is 0. The van der Waals surface area contributed by atoms with Crippen molar-refractivity contribution in [1.82, 2.24) is 15.4 Å². The highest BCUT2D eigenvalue weighted by Gasteiger charge is 2.06. The van der Waals surface area contributed by atoms with Crippen molar-refractivity contribution in [3.05, 3.63) is 0 Å². The Morgan fingerprint density at radius 2 is 2.08 bits per heavy atom. The molecule has 1 aromatic heterocycles. The average Bonchev–Trinajstić information content (AvgIpc) is 2.08. The first kappa shape index (κ1) is 8.51. The van der Waals surface area contributed by atoms with Gasteiger partial charge in [0.15, 0.2) is 5.82 Å². The number of aromatic nitrogens is 3. The number of nitrogens with zero attached hydrogens (tertiary/aromatic N) is 3. The molecule has 0 saturated heterocycles. The lowest BCUT2D eigenvalue weighted by Gasteiger charge is -2.04. The number of ether oxygens (including phenoxy) is 1. The van der Waals surface area contributed by atoms with Crippen molar-refractivity contribution >= 4 is 11.5 Å². The summed E-state index contributed by atoms with van der Waals surface area (Å²) >= 11 is 0. The molecule has 66 valence electrons. The van der Waals surface area contributed by atoms with Crippen molar-refractivity contribution in [2.75, 3.05) is 18.1 Å². The highest BCUT2D eigenvalue weighted by atomic mass is 16.5. The minimum atomic E-state index is 0.149. The number of hydrogen-bond acceptors (Lipinski definition) is 6. The first-order chi connectivity index (χ1) is 5.75. The van der Waals surface area contributed by atoms with Gasteiger partial charge in [0, 0.05) is 0 Å². The van der Waals surface area contributed by atoms with Crippen LogP contribution in [0.15, 0.2) is 0 Å². The summed E-state index contributed by atoms with van der Waals surface area (Å²) in [4.78, 5) is 0. The predicted octanol–water partition coefficient (Wildman–Crippen LogP) is -0.175. The maximum atomic E-state index is 5.51. The van der Waals surface area contributed by atoms with E-state index in [4.69, 9.17) is 16.2 Å². The summed E-state index contributed by atoms with van der Waals surface area (Å²) in [6.45, 7) is 2.52. The van der Waals surface area contributed by atoms with E-state index in [2.05, 4.69) is 15.4 Å². The third-order valence-corrected chi connectivity index (χ3v) is 1.24. The lowest BCUT2D eigenvalue weighted by Crippen LogP contribution is -2.07. The molecular weight excluding hydrogens is 158 g/mol. The summed E-state index contributed by atoms with van der Waals surface area (Å²) < 4.78 is 5.15. The lowest BCUT2D eigenvalue weighted by atomic mass is 10.5. The molecular formula is C6H11N5O. The van der Waals surface area contributed by atoms with Crippen molar-refractivity contribution in [2.45, 2.75) is 13.3 Å². The zero-order valence-corrected chi connectivity index (χ0v) is 6.82. The number of hydrogen-bond donors (Lipinski definition) is 2. The summed E-state index contributed by atoms with van der Waals surface area (Å²) in [5.74, 6) is 0.403. The van der Waals surface area contributed by atoms with E-state index in [0.717, 1.165) is 6.42 Å². The van der Waals surface area contributed by atoms with Gasteiger partial charge in [-0.2, -0.15) is 0 Å². The molecule has 0 aliphatic heterocycles. The number of nitrogen functional groups attached to an aromatic ring is 2. The van der Waals surface area contributed by atoms with E-state index in [-0.39, 0.29) is 17.4 Å². The zero-order valence-electron chi connectivity index (χ0n) is 6.82. The molecule has 1 rings (SSSR count). The second kappa shape index (κ2) is 3.70. The van der Waals surface area contributed by atoms with Gasteiger partial charge in [-0.15, -0.1) is 5.10 Å². The molecule has 0 amide bonds. The van der Waals surface area contributed by atoms with Crippen LogP contribution in [0.4, 0.5) is 11.5 Å². The van der Waals surface area contributed by atoms with Crippen molar-refractivity contribution in [3.8, 4) is 5.88 Å². The van der Waals surface area contributed by atoms with Gasteiger partial charge in [-0.1, -0.05) is 12.0 Å². The van der Waals surface area contributed by atoms with Crippen LogP contribution in [0.3, 0.4) is 0 Å². The fourth-order valence-electron chi connectivity index (χ4n) is 0.634. The molecule has 0 aliphatic rings. The smallest absolute Gasteiger partial charge is 0.262 e. The average molecular weight is 169 g/mol. The van der Waals surface area contributed by atoms with Crippen LogP contribution in [-0.2, 0) is 0 Å². The molecule has 0 aromatic carbocycles. The molecule has 0 atom stereocenters. The van der Waals surface area contributed by atoms with Crippen LogP contribution in [0.5, 0.6) is 5.88 Å². The fourth-order valence-corrected chi connectivity index (χ4v) is 0.634. The third-order valence-electron chi connectivity index (χ3n) is 1.24. The predicted molar refractivity (Wildman–Crippen MR) is 44.4 cm³/mol. The molecule has 0 aliphatic carbocycles. The molecule has 12 heavy (non-hydrogen) atoms. The number of anilines is 2. The van der Waals surface area contributed by atoms with Crippen molar-refractivity contribution in [3.63, 3.8) is 0 Å². The van der Waals surface area contributed by atoms with E-state index in [1.165, 1.54) is 0 Å². The molecule has 0 unspecified atom stereocenters. The van der Waals surface area contributed by atoms with E-state index >= 15 is 0 Å². The van der Waals surface area contributed by atoms with Gasteiger partial charge in [0.1, 0.15) is 5.69 Å². The molecule has 6 heteroatoms. The Kier molecular flexibility index (Phi) is 2.62. The number of nitrogens with two attached hydrogens (primary N) is 2. The van der Waals surface area contributed by atoms with E-state index in [1.54, 1.807) is 0 Å². The summed E-state index contributed by atoms with van der Waals surface area (Å²) in [6.07, 6.45) is 0.878. The molecule has 6 nitrogen and oxygen atoms in total. The Labute approximate surface area is 69.9 Å². The summed E-state index contributed by atoms with van der Waals surface area (Å²) in [6, 6.07) is 0. The van der Waals surface area contributed by atoms with Crippen LogP contribution in [0.2, 0.25) is 0 Å². The van der Waals surface area contributed by atoms with Crippen molar-refractivity contribution in [2.24, 2.45) is 0 Å². The zero-order chi connectivity index (χ0) is 8.97. The normalized spacial score (nSPS) is 9.75. The van der Waals surface area contributed by atoms with Crippen molar-refractivity contribution in [1.29, 1.82) is 0 Å². The van der Waals surface area contributed by atoms with E-state index in [1.807, 2.05) is 6.92 Å². The maximum Gasteiger partial charge on any atom is 0.262 e. The Hall–Kier alpha value is -1.59. The van der Waals surface area contributed by atoms with Gasteiger partial charge in [0.25, 0.3) is 5.88 Å². The van der Waals surface area contributed by atoms with Crippen LogP contribution in [-0.4, -0.2) is 22.0 Å². The summed E-state index contributed by atoms with van der Waals surface area (Å²) in [5.41, 5.74) is 11.1. The first-order valence-corrected chi connectivity index (χ1v) is 3.62. The largest absolute Gasteiger partial charge is 0.475 e. The van der Waals surface area contributed by atoms with Gasteiger partial charge in [-0.3, -0.25) is 0 Å². The van der Waals surface area contributed by atoms with Crippen LogP contribution < -0.4 is 16.2 Å². The minimum absolute atomic E-state index is 0.149. The van der Waals surface area contributed by atoms with Gasteiger partial charge >= 0.3 is 0 Å². The molecule has 0 fully saturated rings. The monoisotopic (exact) mass is 169 g/mol. The Bertz CT molecular complexity index is 264. The maximum absolute atomic E-state index is 5.51. The Balaban J connectivity index is 2.78. The van der Waals surface area contributed by atoms with Crippen LogP contribution in [0.25, 0.3) is 0 Å². The molecule has 1 aromatic rings. The lowest BCUT2D eigenvalue weighted by molar-refractivity contribution is 0.302. The van der Waals surface area contributed by atoms with E-state index in [0.29, 0.717) is 6.61 Å². The minimum Gasteiger partial charge on any atom is -0.475 e. The van der Waals surface area contributed by atoms with E-state index < -0.39 is 0 Å². The van der Waals surface area contributed by atoms with Gasteiger partial charge in [0.2, 0.25) is 0 Å². The van der Waals surface area contributed by atoms with E-state index in [9.17, 15) is 0 Å². The Morgan fingerprint density at radius 1 is 1.33 bits per heavy atom. The molecule has 1 heterocycles. The van der Waals surface area contributed by atoms with Gasteiger partial charge in [0.05, 0.1) is 6.61 Å². The standard InChI is InChI=1S/C6H11N5O/c1-2-3-12-6-4(7)5(8)9-11-10-6/h2-3H2,1H3,(H2,7,11)(H2,8,9,10). The highest BCUT2D eigenvalue weighted by Crippen LogP contribution is 2.20. The molecule has 0 spiro atoms. The topological polar surface area (TPSA) is 99.9 Å². The second-order valence-corrected chi connectivity index (χ2v) is 2.24. The van der Waals surface area contributed by atoms with Crippen LogP contribution in [0, 0.1) is 0 Å². The highest BCUT2D eigenvalue weighted by molar-refractivity contribution is 5.62. The van der Waals surface area contributed by atoms with Gasteiger partial charge < -0.3 is 16.2 Å². The second-order valence-electron chi connectivity index (χ2n) is 2.24. The molecule has 0 saturated carbocycles. The van der Waals surface area contributed by atoms with Gasteiger partial charge in [-0.25, -0.2) is 0 Å². The SMILES string of the molecule is CCCOc1nnnc(N)c1N. The number of rotatable bonds is 3. The Morgan fingerprint density at radius 3 is 2.75 bits per heavy atom. The molecule has 0 radical (unpaired) electrons. The first-order valence-electron chi connectivity index (χ1n) is 3.62. The molecule has 4 N–H and O–H groups in total. The van der Waals surface area contributed by atoms with Crippen LogP contribution in [0.1, 0.15) is 13.3 Å².